The van der Waals surface area contributed by atoms with Gasteiger partial charge in [0, 0.05) is 6.07 Å². The summed E-state index contributed by atoms with van der Waals surface area (Å²) in [6.45, 7) is 3.75. The molecule has 0 saturated carbocycles. The van der Waals surface area contributed by atoms with Crippen LogP contribution in [0.3, 0.4) is 0 Å². The van der Waals surface area contributed by atoms with Crippen molar-refractivity contribution in [2.75, 3.05) is 0 Å². The fraction of sp³-hybridized carbons (Fsp3) is 0.500. The van der Waals surface area contributed by atoms with Crippen LogP contribution in [0.1, 0.15) is 25.8 Å². The number of benzene rings is 1. The summed E-state index contributed by atoms with van der Waals surface area (Å²) < 4.78 is 25.7. The molecule has 0 radical (unpaired) electrons. The highest BCUT2D eigenvalue weighted by molar-refractivity contribution is 5.18. The lowest BCUT2D eigenvalue weighted by atomic mass is 9.94. The second-order valence-corrected chi connectivity index (χ2v) is 3.93. The smallest absolute Gasteiger partial charge is 0.126 e. The average Bonchev–Trinajstić information content (AvgIpc) is 2.14. The summed E-state index contributed by atoms with van der Waals surface area (Å²) in [4.78, 5) is 0. The molecule has 0 saturated heterocycles. The number of hydrogen-bond acceptors (Lipinski definition) is 1. The van der Waals surface area contributed by atoms with Crippen LogP contribution >= 0.6 is 0 Å². The van der Waals surface area contributed by atoms with E-state index in [2.05, 4.69) is 0 Å². The summed E-state index contributed by atoms with van der Waals surface area (Å²) >= 11 is 0. The Kier molecular flexibility index (Phi) is 4.21. The van der Waals surface area contributed by atoms with Gasteiger partial charge in [0.05, 0.1) is 6.10 Å². The van der Waals surface area contributed by atoms with E-state index in [9.17, 15) is 13.9 Å². The SMILES string of the molecule is CCC(O)C(C)Cc1cc(F)cc(F)c1. The van der Waals surface area contributed by atoms with Gasteiger partial charge in [-0.3, -0.25) is 0 Å². The largest absolute Gasteiger partial charge is 0.393 e. The molecule has 2 unspecified atom stereocenters. The molecule has 0 aromatic heterocycles. The van der Waals surface area contributed by atoms with Crippen molar-refractivity contribution in [1.29, 1.82) is 0 Å². The van der Waals surface area contributed by atoms with Gasteiger partial charge >= 0.3 is 0 Å². The lowest BCUT2D eigenvalue weighted by Crippen LogP contribution is -2.18. The van der Waals surface area contributed by atoms with Crippen LogP contribution in [0.15, 0.2) is 18.2 Å². The summed E-state index contributed by atoms with van der Waals surface area (Å²) in [5, 5.41) is 9.54. The summed E-state index contributed by atoms with van der Waals surface area (Å²) in [5.41, 5.74) is 0.590. The third kappa shape index (κ3) is 3.59. The minimum atomic E-state index is -0.566. The van der Waals surface area contributed by atoms with E-state index in [1.807, 2.05) is 13.8 Å². The van der Waals surface area contributed by atoms with Crippen LogP contribution in [0, 0.1) is 17.6 Å². The van der Waals surface area contributed by atoms with Crippen molar-refractivity contribution in [3.8, 4) is 0 Å². The molecule has 2 atom stereocenters. The zero-order valence-electron chi connectivity index (χ0n) is 9.00. The van der Waals surface area contributed by atoms with Crippen LogP contribution in [0.2, 0.25) is 0 Å². The molecule has 1 aromatic carbocycles. The molecule has 1 aromatic rings. The van der Waals surface area contributed by atoms with E-state index < -0.39 is 17.7 Å². The molecule has 1 nitrogen and oxygen atoms in total. The van der Waals surface area contributed by atoms with Crippen molar-refractivity contribution in [2.45, 2.75) is 32.8 Å². The number of aliphatic hydroxyl groups excluding tert-OH is 1. The second-order valence-electron chi connectivity index (χ2n) is 3.93. The van der Waals surface area contributed by atoms with Gasteiger partial charge in [0.15, 0.2) is 0 Å². The molecular weight excluding hydrogens is 198 g/mol. The van der Waals surface area contributed by atoms with E-state index in [0.717, 1.165) is 6.07 Å². The molecule has 84 valence electrons. The number of aliphatic hydroxyl groups is 1. The van der Waals surface area contributed by atoms with Gasteiger partial charge in [-0.1, -0.05) is 13.8 Å². The summed E-state index contributed by atoms with van der Waals surface area (Å²) in [6.07, 6.45) is 0.721. The van der Waals surface area contributed by atoms with Crippen LogP contribution in [0.5, 0.6) is 0 Å². The molecule has 0 aliphatic carbocycles. The molecule has 15 heavy (non-hydrogen) atoms. The van der Waals surface area contributed by atoms with Crippen LogP contribution in [-0.2, 0) is 6.42 Å². The maximum Gasteiger partial charge on any atom is 0.126 e. The van der Waals surface area contributed by atoms with Crippen molar-refractivity contribution in [1.82, 2.24) is 0 Å². The molecule has 3 heteroatoms. The Labute approximate surface area is 88.7 Å². The monoisotopic (exact) mass is 214 g/mol. The molecule has 0 fully saturated rings. The van der Waals surface area contributed by atoms with Gasteiger partial charge in [-0.15, -0.1) is 0 Å². The Balaban J connectivity index is 2.72. The first-order valence-corrected chi connectivity index (χ1v) is 5.16. The van der Waals surface area contributed by atoms with Gasteiger partial charge < -0.3 is 5.11 Å². The lowest BCUT2D eigenvalue weighted by Gasteiger charge is -2.17. The number of rotatable bonds is 4. The van der Waals surface area contributed by atoms with Gasteiger partial charge in [-0.25, -0.2) is 8.78 Å². The first-order valence-electron chi connectivity index (χ1n) is 5.16. The highest BCUT2D eigenvalue weighted by atomic mass is 19.1. The maximum absolute atomic E-state index is 12.9. The normalized spacial score (nSPS) is 15.0. The minimum absolute atomic E-state index is 0.0104. The quantitative estimate of drug-likeness (QED) is 0.817. The van der Waals surface area contributed by atoms with Crippen LogP contribution < -0.4 is 0 Å². The predicted molar refractivity (Wildman–Crippen MR) is 55.5 cm³/mol. The molecule has 0 amide bonds. The summed E-state index contributed by atoms with van der Waals surface area (Å²) in [7, 11) is 0. The maximum atomic E-state index is 12.9. The molecule has 0 heterocycles. The predicted octanol–water partition coefficient (Wildman–Crippen LogP) is 2.91. The van der Waals surface area contributed by atoms with E-state index in [4.69, 9.17) is 0 Å². The van der Waals surface area contributed by atoms with Crippen molar-refractivity contribution in [2.24, 2.45) is 5.92 Å². The van der Waals surface area contributed by atoms with Crippen molar-refractivity contribution in [3.63, 3.8) is 0 Å². The topological polar surface area (TPSA) is 20.2 Å². The fourth-order valence-electron chi connectivity index (χ4n) is 1.64. The molecule has 0 aliphatic heterocycles. The molecule has 0 bridgehead atoms. The van der Waals surface area contributed by atoms with Gasteiger partial charge in [0.2, 0.25) is 0 Å². The number of hydrogen-bond donors (Lipinski definition) is 1. The standard InChI is InChI=1S/C12H16F2O/c1-3-12(15)8(2)4-9-5-10(13)7-11(14)6-9/h5-8,12,15H,3-4H2,1-2H3. The highest BCUT2D eigenvalue weighted by Crippen LogP contribution is 2.16. The Morgan fingerprint density at radius 1 is 1.20 bits per heavy atom. The third-order valence-electron chi connectivity index (χ3n) is 2.56. The molecule has 1 rings (SSSR count). The number of halogens is 2. The van der Waals surface area contributed by atoms with Crippen molar-refractivity contribution < 1.29 is 13.9 Å². The van der Waals surface area contributed by atoms with Crippen LogP contribution in [0.25, 0.3) is 0 Å². The Morgan fingerprint density at radius 2 is 1.73 bits per heavy atom. The van der Waals surface area contributed by atoms with Crippen LogP contribution in [-0.4, -0.2) is 11.2 Å². The lowest BCUT2D eigenvalue weighted by molar-refractivity contribution is 0.112. The summed E-state index contributed by atoms with van der Waals surface area (Å²) in [5.74, 6) is -1.12. The Hall–Kier alpha value is -0.960. The Morgan fingerprint density at radius 3 is 2.20 bits per heavy atom. The zero-order valence-corrected chi connectivity index (χ0v) is 9.00. The average molecular weight is 214 g/mol. The highest BCUT2D eigenvalue weighted by Gasteiger charge is 2.13. The molecule has 0 aliphatic rings. The first-order chi connectivity index (χ1) is 7.02. The van der Waals surface area contributed by atoms with Crippen molar-refractivity contribution >= 4 is 0 Å². The van der Waals surface area contributed by atoms with Gasteiger partial charge in [0.25, 0.3) is 0 Å². The fourth-order valence-corrected chi connectivity index (χ4v) is 1.64. The van der Waals surface area contributed by atoms with E-state index in [1.54, 1.807) is 0 Å². The molecular formula is C12H16F2O. The minimum Gasteiger partial charge on any atom is -0.393 e. The zero-order chi connectivity index (χ0) is 11.4. The van der Waals surface area contributed by atoms with E-state index in [-0.39, 0.29) is 5.92 Å². The van der Waals surface area contributed by atoms with Crippen molar-refractivity contribution in [3.05, 3.63) is 35.4 Å². The first kappa shape index (κ1) is 12.1. The van der Waals surface area contributed by atoms with Crippen LogP contribution in [0.4, 0.5) is 8.78 Å². The second kappa shape index (κ2) is 5.21. The third-order valence-corrected chi connectivity index (χ3v) is 2.56. The molecule has 1 N–H and O–H groups in total. The molecule has 0 spiro atoms. The van der Waals surface area contributed by atoms with E-state index in [1.165, 1.54) is 12.1 Å². The van der Waals surface area contributed by atoms with E-state index >= 15 is 0 Å². The Bertz CT molecular complexity index is 305. The van der Waals surface area contributed by atoms with Gasteiger partial charge in [-0.05, 0) is 36.5 Å². The van der Waals surface area contributed by atoms with Gasteiger partial charge in [0.1, 0.15) is 11.6 Å². The van der Waals surface area contributed by atoms with Gasteiger partial charge in [-0.2, -0.15) is 0 Å². The van der Waals surface area contributed by atoms with E-state index in [0.29, 0.717) is 18.4 Å². The summed E-state index contributed by atoms with van der Waals surface area (Å²) in [6, 6.07) is 3.47.